The molecule has 0 nitrogen and oxygen atoms in total. The Hall–Kier alpha value is -1.82. The van der Waals surface area contributed by atoms with E-state index in [1.165, 1.54) is 27.8 Å². The van der Waals surface area contributed by atoms with Gasteiger partial charge in [-0.3, -0.25) is 0 Å². The Balaban J connectivity index is 2.08. The van der Waals surface area contributed by atoms with Crippen LogP contribution in [0.3, 0.4) is 0 Å². The Kier molecular flexibility index (Phi) is 2.79. The second-order valence-electron chi connectivity index (χ2n) is 5.29. The summed E-state index contributed by atoms with van der Waals surface area (Å²) in [5.74, 6) is 0.520. The third-order valence-corrected chi connectivity index (χ3v) is 3.78. The number of allylic oxidation sites excluding steroid dienone is 1. The first-order chi connectivity index (χ1) is 8.74. The van der Waals surface area contributed by atoms with E-state index in [0.717, 1.165) is 6.42 Å². The van der Waals surface area contributed by atoms with E-state index >= 15 is 0 Å². The Labute approximate surface area is 109 Å². The predicted octanol–water partition coefficient (Wildman–Crippen LogP) is 4.93. The lowest BCUT2D eigenvalue weighted by Gasteiger charge is -2.25. The Morgan fingerprint density at radius 2 is 1.61 bits per heavy atom. The fourth-order valence-corrected chi connectivity index (χ4v) is 2.81. The summed E-state index contributed by atoms with van der Waals surface area (Å²) in [5, 5.41) is 0. The van der Waals surface area contributed by atoms with E-state index < -0.39 is 0 Å². The van der Waals surface area contributed by atoms with Crippen molar-refractivity contribution in [1.29, 1.82) is 0 Å². The van der Waals surface area contributed by atoms with Crippen molar-refractivity contribution in [3.63, 3.8) is 0 Å². The largest absolute Gasteiger partial charge is 0.0718 e. The maximum absolute atomic E-state index is 2.32. The SMILES string of the molecule is CC1=Cc2ccccc2C(c2ccc(C)cc2)C1. The van der Waals surface area contributed by atoms with Crippen LogP contribution in [0, 0.1) is 6.92 Å². The van der Waals surface area contributed by atoms with Gasteiger partial charge in [0.05, 0.1) is 0 Å². The molecule has 0 fully saturated rings. The average molecular weight is 234 g/mol. The molecule has 0 saturated carbocycles. The molecule has 18 heavy (non-hydrogen) atoms. The molecule has 0 aliphatic heterocycles. The van der Waals surface area contributed by atoms with Gasteiger partial charge in [0, 0.05) is 5.92 Å². The van der Waals surface area contributed by atoms with Gasteiger partial charge in [-0.05, 0) is 37.0 Å². The third kappa shape index (κ3) is 1.99. The Morgan fingerprint density at radius 1 is 0.889 bits per heavy atom. The smallest absolute Gasteiger partial charge is 0.0132 e. The van der Waals surface area contributed by atoms with Crippen molar-refractivity contribution < 1.29 is 0 Å². The molecule has 0 heteroatoms. The normalized spacial score (nSPS) is 18.1. The van der Waals surface area contributed by atoms with Gasteiger partial charge in [0.1, 0.15) is 0 Å². The highest BCUT2D eigenvalue weighted by atomic mass is 14.2. The molecule has 3 rings (SSSR count). The van der Waals surface area contributed by atoms with Crippen LogP contribution >= 0.6 is 0 Å². The molecule has 1 aliphatic carbocycles. The molecule has 2 aromatic rings. The summed E-state index contributed by atoms with van der Waals surface area (Å²) in [4.78, 5) is 0. The summed E-state index contributed by atoms with van der Waals surface area (Å²) in [5.41, 5.74) is 7.08. The van der Waals surface area contributed by atoms with Crippen LogP contribution in [0.15, 0.2) is 54.1 Å². The van der Waals surface area contributed by atoms with Gasteiger partial charge in [-0.15, -0.1) is 0 Å². The molecule has 0 heterocycles. The van der Waals surface area contributed by atoms with Gasteiger partial charge in [0.15, 0.2) is 0 Å². The molecule has 2 aromatic carbocycles. The number of benzene rings is 2. The van der Waals surface area contributed by atoms with Gasteiger partial charge in [-0.25, -0.2) is 0 Å². The quantitative estimate of drug-likeness (QED) is 0.656. The van der Waals surface area contributed by atoms with Crippen molar-refractivity contribution in [3.8, 4) is 0 Å². The highest BCUT2D eigenvalue weighted by Crippen LogP contribution is 2.37. The van der Waals surface area contributed by atoms with Gasteiger partial charge in [-0.1, -0.05) is 65.7 Å². The van der Waals surface area contributed by atoms with Crippen LogP contribution < -0.4 is 0 Å². The minimum Gasteiger partial charge on any atom is -0.0718 e. The summed E-state index contributed by atoms with van der Waals surface area (Å²) in [6.45, 7) is 4.38. The van der Waals surface area contributed by atoms with Crippen LogP contribution in [0.5, 0.6) is 0 Å². The van der Waals surface area contributed by atoms with E-state index in [0.29, 0.717) is 5.92 Å². The lowest BCUT2D eigenvalue weighted by molar-refractivity contribution is 0.785. The minimum atomic E-state index is 0.520. The highest BCUT2D eigenvalue weighted by molar-refractivity contribution is 5.62. The van der Waals surface area contributed by atoms with Gasteiger partial charge in [0.25, 0.3) is 0 Å². The second-order valence-corrected chi connectivity index (χ2v) is 5.29. The summed E-state index contributed by atoms with van der Waals surface area (Å²) in [6.07, 6.45) is 3.46. The van der Waals surface area contributed by atoms with Crippen LogP contribution in [-0.4, -0.2) is 0 Å². The lowest BCUT2D eigenvalue weighted by Crippen LogP contribution is -2.07. The lowest BCUT2D eigenvalue weighted by atomic mass is 9.79. The Morgan fingerprint density at radius 3 is 2.39 bits per heavy atom. The first kappa shape index (κ1) is 11.3. The summed E-state index contributed by atoms with van der Waals surface area (Å²) in [7, 11) is 0. The molecule has 0 N–H and O–H groups in total. The zero-order valence-electron chi connectivity index (χ0n) is 11.0. The second kappa shape index (κ2) is 4.45. The van der Waals surface area contributed by atoms with E-state index in [1.54, 1.807) is 0 Å². The van der Waals surface area contributed by atoms with Gasteiger partial charge in [-0.2, -0.15) is 0 Å². The minimum absolute atomic E-state index is 0.520. The van der Waals surface area contributed by atoms with Crippen molar-refractivity contribution in [1.82, 2.24) is 0 Å². The van der Waals surface area contributed by atoms with Crippen molar-refractivity contribution >= 4 is 6.08 Å². The van der Waals surface area contributed by atoms with Crippen molar-refractivity contribution in [3.05, 3.63) is 76.4 Å². The van der Waals surface area contributed by atoms with Crippen LogP contribution in [0.2, 0.25) is 0 Å². The summed E-state index contributed by atoms with van der Waals surface area (Å²) < 4.78 is 0. The molecule has 0 radical (unpaired) electrons. The fraction of sp³-hybridized carbons (Fsp3) is 0.222. The van der Waals surface area contributed by atoms with Crippen LogP contribution in [-0.2, 0) is 0 Å². The average Bonchev–Trinajstić information content (AvgIpc) is 2.38. The fourth-order valence-electron chi connectivity index (χ4n) is 2.81. The van der Waals surface area contributed by atoms with E-state index in [-0.39, 0.29) is 0 Å². The van der Waals surface area contributed by atoms with Crippen molar-refractivity contribution in [2.24, 2.45) is 0 Å². The molecule has 1 unspecified atom stereocenters. The first-order valence-corrected chi connectivity index (χ1v) is 6.57. The van der Waals surface area contributed by atoms with Gasteiger partial charge in [0.2, 0.25) is 0 Å². The molecule has 90 valence electrons. The zero-order chi connectivity index (χ0) is 12.5. The molecule has 0 aromatic heterocycles. The molecule has 0 saturated heterocycles. The Bertz CT molecular complexity index is 588. The third-order valence-electron chi connectivity index (χ3n) is 3.78. The molecule has 0 spiro atoms. The van der Waals surface area contributed by atoms with Crippen molar-refractivity contribution in [2.75, 3.05) is 0 Å². The number of fused-ring (bicyclic) bond motifs is 1. The van der Waals surface area contributed by atoms with E-state index in [2.05, 4.69) is 68.5 Å². The zero-order valence-corrected chi connectivity index (χ0v) is 11.0. The predicted molar refractivity (Wildman–Crippen MR) is 77.7 cm³/mol. The number of aryl methyl sites for hydroxylation is 1. The summed E-state index contributed by atoms with van der Waals surface area (Å²) >= 11 is 0. The maximum Gasteiger partial charge on any atom is 0.0132 e. The van der Waals surface area contributed by atoms with E-state index in [1.807, 2.05) is 0 Å². The molecule has 1 atom stereocenters. The molecule has 0 bridgehead atoms. The first-order valence-electron chi connectivity index (χ1n) is 6.57. The molecule has 0 amide bonds. The standard InChI is InChI=1S/C18H18/c1-13-7-9-15(10-8-13)18-12-14(2)11-16-5-3-4-6-17(16)18/h3-11,18H,12H2,1-2H3. The van der Waals surface area contributed by atoms with Gasteiger partial charge >= 0.3 is 0 Å². The number of rotatable bonds is 1. The van der Waals surface area contributed by atoms with Gasteiger partial charge < -0.3 is 0 Å². The number of hydrogen-bond acceptors (Lipinski definition) is 0. The van der Waals surface area contributed by atoms with E-state index in [4.69, 9.17) is 0 Å². The monoisotopic (exact) mass is 234 g/mol. The van der Waals surface area contributed by atoms with Crippen molar-refractivity contribution in [2.45, 2.75) is 26.2 Å². The molecular formula is C18H18. The maximum atomic E-state index is 2.32. The van der Waals surface area contributed by atoms with Crippen LogP contribution in [0.1, 0.15) is 41.5 Å². The molecule has 1 aliphatic rings. The van der Waals surface area contributed by atoms with E-state index in [9.17, 15) is 0 Å². The number of hydrogen-bond donors (Lipinski definition) is 0. The van der Waals surface area contributed by atoms with Crippen LogP contribution in [0.4, 0.5) is 0 Å². The summed E-state index contributed by atoms with van der Waals surface area (Å²) in [6, 6.07) is 17.7. The topological polar surface area (TPSA) is 0 Å². The van der Waals surface area contributed by atoms with Crippen LogP contribution in [0.25, 0.3) is 6.08 Å². The molecular weight excluding hydrogens is 216 g/mol. The highest BCUT2D eigenvalue weighted by Gasteiger charge is 2.20.